The van der Waals surface area contributed by atoms with Gasteiger partial charge in [0.15, 0.2) is 0 Å². The number of hydrogen-bond donors (Lipinski definition) is 1. The average molecular weight is 203 g/mol. The van der Waals surface area contributed by atoms with E-state index in [2.05, 4.69) is 43.6 Å². The molecule has 1 aromatic rings. The maximum Gasteiger partial charge on any atom is 0.0133 e. The van der Waals surface area contributed by atoms with Crippen LogP contribution in [0.1, 0.15) is 43.2 Å². The molecule has 2 rings (SSSR count). The van der Waals surface area contributed by atoms with Crippen molar-refractivity contribution < 1.29 is 0 Å². The molecule has 1 fully saturated rings. The molecule has 1 aliphatic rings. The molecule has 0 spiro atoms. The van der Waals surface area contributed by atoms with Gasteiger partial charge in [0.25, 0.3) is 0 Å². The largest absolute Gasteiger partial charge is 0.316 e. The molecular formula is C14H21N. The summed E-state index contributed by atoms with van der Waals surface area (Å²) >= 11 is 0. The number of likely N-dealkylation sites (N-methyl/N-ethyl adjacent to an activating group) is 1. The standard InChI is InChI=1S/C14H21N/c1-3-11-7-9-12(10-8-11)13-5-4-6-14(13)15-2/h7-10,13-15H,3-6H2,1-2H3. The van der Waals surface area contributed by atoms with Gasteiger partial charge in [-0.15, -0.1) is 0 Å². The molecule has 1 saturated carbocycles. The van der Waals surface area contributed by atoms with E-state index < -0.39 is 0 Å². The van der Waals surface area contributed by atoms with Crippen LogP contribution in [0.2, 0.25) is 0 Å². The fraction of sp³-hybridized carbons (Fsp3) is 0.571. The van der Waals surface area contributed by atoms with Crippen molar-refractivity contribution in [2.24, 2.45) is 0 Å². The molecule has 1 aromatic carbocycles. The Bertz CT molecular complexity index is 302. The van der Waals surface area contributed by atoms with E-state index in [0.717, 1.165) is 12.3 Å². The maximum absolute atomic E-state index is 3.44. The SMILES string of the molecule is CCc1ccc(C2CCCC2NC)cc1. The first-order valence-corrected chi connectivity index (χ1v) is 6.11. The van der Waals surface area contributed by atoms with Gasteiger partial charge in [0.05, 0.1) is 0 Å². The van der Waals surface area contributed by atoms with E-state index in [1.54, 1.807) is 0 Å². The summed E-state index contributed by atoms with van der Waals surface area (Å²) in [6.45, 7) is 2.21. The van der Waals surface area contributed by atoms with Crippen molar-refractivity contribution in [2.45, 2.75) is 44.6 Å². The zero-order chi connectivity index (χ0) is 10.7. The minimum Gasteiger partial charge on any atom is -0.316 e. The van der Waals surface area contributed by atoms with Gasteiger partial charge in [-0.1, -0.05) is 37.6 Å². The summed E-state index contributed by atoms with van der Waals surface area (Å²) in [6, 6.07) is 9.89. The average Bonchev–Trinajstić information content (AvgIpc) is 2.77. The molecule has 0 amide bonds. The monoisotopic (exact) mass is 203 g/mol. The van der Waals surface area contributed by atoms with E-state index in [4.69, 9.17) is 0 Å². The summed E-state index contributed by atoms with van der Waals surface area (Å²) in [5.41, 5.74) is 2.96. The van der Waals surface area contributed by atoms with E-state index in [1.165, 1.54) is 30.4 Å². The molecule has 0 aromatic heterocycles. The van der Waals surface area contributed by atoms with Gasteiger partial charge in [-0.05, 0) is 43.4 Å². The highest BCUT2D eigenvalue weighted by atomic mass is 14.9. The minimum absolute atomic E-state index is 0.692. The third kappa shape index (κ3) is 2.23. The van der Waals surface area contributed by atoms with E-state index in [9.17, 15) is 0 Å². The first-order valence-electron chi connectivity index (χ1n) is 6.11. The van der Waals surface area contributed by atoms with Crippen LogP contribution in [0, 0.1) is 0 Å². The fourth-order valence-corrected chi connectivity index (χ4v) is 2.71. The van der Waals surface area contributed by atoms with Crippen LogP contribution < -0.4 is 5.32 Å². The smallest absolute Gasteiger partial charge is 0.0133 e. The Morgan fingerprint density at radius 3 is 2.53 bits per heavy atom. The quantitative estimate of drug-likeness (QED) is 0.796. The number of nitrogens with one attached hydrogen (secondary N) is 1. The van der Waals surface area contributed by atoms with Crippen LogP contribution in [0.5, 0.6) is 0 Å². The molecule has 0 heterocycles. The second-order valence-corrected chi connectivity index (χ2v) is 4.53. The van der Waals surface area contributed by atoms with Crippen LogP contribution in [0.3, 0.4) is 0 Å². The first kappa shape index (κ1) is 10.7. The molecule has 2 unspecified atom stereocenters. The van der Waals surface area contributed by atoms with Gasteiger partial charge < -0.3 is 5.32 Å². The Morgan fingerprint density at radius 2 is 1.93 bits per heavy atom. The van der Waals surface area contributed by atoms with E-state index in [0.29, 0.717) is 6.04 Å². The zero-order valence-electron chi connectivity index (χ0n) is 9.79. The summed E-state index contributed by atoms with van der Waals surface area (Å²) in [5, 5.41) is 3.44. The Labute approximate surface area is 92.9 Å². The summed E-state index contributed by atoms with van der Waals surface area (Å²) in [4.78, 5) is 0. The fourth-order valence-electron chi connectivity index (χ4n) is 2.71. The molecule has 1 N–H and O–H groups in total. The van der Waals surface area contributed by atoms with Gasteiger partial charge in [0.1, 0.15) is 0 Å². The Hall–Kier alpha value is -0.820. The Kier molecular flexibility index (Phi) is 3.42. The highest BCUT2D eigenvalue weighted by Gasteiger charge is 2.26. The van der Waals surface area contributed by atoms with Crippen molar-refractivity contribution in [3.05, 3.63) is 35.4 Å². The van der Waals surface area contributed by atoms with Crippen LogP contribution >= 0.6 is 0 Å². The van der Waals surface area contributed by atoms with Gasteiger partial charge >= 0.3 is 0 Å². The van der Waals surface area contributed by atoms with Crippen molar-refractivity contribution in [3.63, 3.8) is 0 Å². The predicted octanol–water partition coefficient (Wildman–Crippen LogP) is 3.10. The lowest BCUT2D eigenvalue weighted by Gasteiger charge is -2.19. The summed E-state index contributed by atoms with van der Waals surface area (Å²) in [7, 11) is 2.09. The lowest BCUT2D eigenvalue weighted by molar-refractivity contribution is 0.522. The second-order valence-electron chi connectivity index (χ2n) is 4.53. The molecule has 82 valence electrons. The van der Waals surface area contributed by atoms with Crippen molar-refractivity contribution in [2.75, 3.05) is 7.05 Å². The lowest BCUT2D eigenvalue weighted by atomic mass is 9.93. The molecule has 1 heteroatoms. The predicted molar refractivity (Wildman–Crippen MR) is 65.3 cm³/mol. The third-order valence-electron chi connectivity index (χ3n) is 3.70. The highest BCUT2D eigenvalue weighted by Crippen LogP contribution is 2.34. The lowest BCUT2D eigenvalue weighted by Crippen LogP contribution is -2.27. The first-order chi connectivity index (χ1) is 7.35. The number of benzene rings is 1. The van der Waals surface area contributed by atoms with Gasteiger partial charge in [0.2, 0.25) is 0 Å². The topological polar surface area (TPSA) is 12.0 Å². The zero-order valence-corrected chi connectivity index (χ0v) is 9.79. The highest BCUT2D eigenvalue weighted by molar-refractivity contribution is 5.27. The van der Waals surface area contributed by atoms with Crippen LogP contribution in [-0.2, 0) is 6.42 Å². The molecule has 2 atom stereocenters. The Balaban J connectivity index is 2.14. The molecule has 15 heavy (non-hydrogen) atoms. The van der Waals surface area contributed by atoms with Gasteiger partial charge in [-0.25, -0.2) is 0 Å². The van der Waals surface area contributed by atoms with Crippen LogP contribution in [-0.4, -0.2) is 13.1 Å². The van der Waals surface area contributed by atoms with E-state index in [1.807, 2.05) is 0 Å². The van der Waals surface area contributed by atoms with Crippen molar-refractivity contribution in [1.82, 2.24) is 5.32 Å². The number of hydrogen-bond acceptors (Lipinski definition) is 1. The van der Waals surface area contributed by atoms with Gasteiger partial charge in [-0.2, -0.15) is 0 Å². The number of rotatable bonds is 3. The second kappa shape index (κ2) is 4.80. The molecule has 0 radical (unpaired) electrons. The molecule has 1 nitrogen and oxygen atoms in total. The maximum atomic E-state index is 3.44. The molecule has 0 aliphatic heterocycles. The normalized spacial score (nSPS) is 25.7. The number of aryl methyl sites for hydroxylation is 1. The van der Waals surface area contributed by atoms with Gasteiger partial charge in [0, 0.05) is 6.04 Å². The van der Waals surface area contributed by atoms with Crippen molar-refractivity contribution in [3.8, 4) is 0 Å². The molecule has 0 bridgehead atoms. The Morgan fingerprint density at radius 1 is 1.20 bits per heavy atom. The van der Waals surface area contributed by atoms with Crippen LogP contribution in [0.25, 0.3) is 0 Å². The van der Waals surface area contributed by atoms with Crippen LogP contribution in [0.15, 0.2) is 24.3 Å². The van der Waals surface area contributed by atoms with E-state index in [-0.39, 0.29) is 0 Å². The van der Waals surface area contributed by atoms with Crippen molar-refractivity contribution in [1.29, 1.82) is 0 Å². The van der Waals surface area contributed by atoms with Crippen LogP contribution in [0.4, 0.5) is 0 Å². The molecule has 1 aliphatic carbocycles. The summed E-state index contributed by atoms with van der Waals surface area (Å²) in [6.07, 6.45) is 5.18. The molecule has 0 saturated heterocycles. The molecular weight excluding hydrogens is 182 g/mol. The van der Waals surface area contributed by atoms with Gasteiger partial charge in [-0.3, -0.25) is 0 Å². The van der Waals surface area contributed by atoms with Crippen molar-refractivity contribution >= 4 is 0 Å². The summed E-state index contributed by atoms with van der Waals surface area (Å²) < 4.78 is 0. The third-order valence-corrected chi connectivity index (χ3v) is 3.70. The minimum atomic E-state index is 0.692. The summed E-state index contributed by atoms with van der Waals surface area (Å²) in [5.74, 6) is 0.737. The van der Waals surface area contributed by atoms with E-state index >= 15 is 0 Å².